The summed E-state index contributed by atoms with van der Waals surface area (Å²) in [4.78, 5) is 30.8. The van der Waals surface area contributed by atoms with Gasteiger partial charge in [0, 0.05) is 11.9 Å². The standard InChI is InChI=1S/C27H27FN4O2/c28-21-11-12-23-22(15-21)25-26(27(34)31(18-30-25)16-20-9-5-2-6-10-20)32(23)17-24(33)29-14-13-19-7-3-1-4-8-19/h2,5-7,9-12,15,18H,1,3-4,8,13-14,16-17H2,(H,29,33). The molecule has 0 spiro atoms. The molecule has 1 amide bonds. The van der Waals surface area contributed by atoms with Crippen LogP contribution in [0, 0.1) is 5.82 Å². The van der Waals surface area contributed by atoms with E-state index in [1.807, 2.05) is 30.3 Å². The maximum Gasteiger partial charge on any atom is 0.278 e. The minimum Gasteiger partial charge on any atom is -0.354 e. The zero-order valence-corrected chi connectivity index (χ0v) is 19.0. The molecule has 1 aliphatic carbocycles. The van der Waals surface area contributed by atoms with Gasteiger partial charge in [-0.25, -0.2) is 9.37 Å². The Labute approximate surface area is 196 Å². The highest BCUT2D eigenvalue weighted by Crippen LogP contribution is 2.26. The van der Waals surface area contributed by atoms with Gasteiger partial charge in [-0.05, 0) is 55.9 Å². The fourth-order valence-electron chi connectivity index (χ4n) is 4.72. The largest absolute Gasteiger partial charge is 0.354 e. The van der Waals surface area contributed by atoms with Gasteiger partial charge in [0.1, 0.15) is 23.4 Å². The average Bonchev–Trinajstić information content (AvgIpc) is 3.15. The maximum atomic E-state index is 14.0. The third-order valence-corrected chi connectivity index (χ3v) is 6.44. The molecule has 2 heterocycles. The van der Waals surface area contributed by atoms with Crippen molar-refractivity contribution in [1.82, 2.24) is 19.4 Å². The minimum absolute atomic E-state index is 0.0308. The monoisotopic (exact) mass is 458 g/mol. The quantitative estimate of drug-likeness (QED) is 0.413. The van der Waals surface area contributed by atoms with Crippen LogP contribution in [0.5, 0.6) is 0 Å². The van der Waals surface area contributed by atoms with Gasteiger partial charge in [-0.15, -0.1) is 0 Å². The first-order valence-electron chi connectivity index (χ1n) is 11.8. The summed E-state index contributed by atoms with van der Waals surface area (Å²) in [6.45, 7) is 0.893. The second-order valence-corrected chi connectivity index (χ2v) is 8.82. The van der Waals surface area contributed by atoms with Crippen molar-refractivity contribution in [1.29, 1.82) is 0 Å². The fourth-order valence-corrected chi connectivity index (χ4v) is 4.72. The van der Waals surface area contributed by atoms with Crippen LogP contribution in [0.3, 0.4) is 0 Å². The van der Waals surface area contributed by atoms with E-state index in [9.17, 15) is 14.0 Å². The van der Waals surface area contributed by atoms with Crippen molar-refractivity contribution in [3.8, 4) is 0 Å². The van der Waals surface area contributed by atoms with Gasteiger partial charge in [0.2, 0.25) is 5.91 Å². The molecule has 2 aromatic heterocycles. The highest BCUT2D eigenvalue weighted by atomic mass is 19.1. The van der Waals surface area contributed by atoms with E-state index in [0.717, 1.165) is 24.8 Å². The predicted molar refractivity (Wildman–Crippen MR) is 131 cm³/mol. The lowest BCUT2D eigenvalue weighted by atomic mass is 9.97. The zero-order valence-electron chi connectivity index (χ0n) is 19.0. The number of hydrogen-bond donors (Lipinski definition) is 1. The first-order chi connectivity index (χ1) is 16.6. The molecule has 2 aromatic carbocycles. The molecule has 0 bridgehead atoms. The predicted octanol–water partition coefficient (Wildman–Crippen LogP) is 4.55. The van der Waals surface area contributed by atoms with Crippen molar-refractivity contribution in [3.63, 3.8) is 0 Å². The Kier molecular flexibility index (Phi) is 6.25. The lowest BCUT2D eigenvalue weighted by Crippen LogP contribution is -2.30. The maximum absolute atomic E-state index is 14.0. The molecule has 7 heteroatoms. The number of amides is 1. The Morgan fingerprint density at radius 2 is 1.97 bits per heavy atom. The van der Waals surface area contributed by atoms with Crippen LogP contribution < -0.4 is 10.9 Å². The van der Waals surface area contributed by atoms with Crippen LogP contribution in [-0.4, -0.2) is 26.6 Å². The molecular weight excluding hydrogens is 431 g/mol. The first kappa shape index (κ1) is 22.1. The van der Waals surface area contributed by atoms with Crippen LogP contribution in [0.4, 0.5) is 4.39 Å². The van der Waals surface area contributed by atoms with Crippen LogP contribution in [0.1, 0.15) is 37.7 Å². The van der Waals surface area contributed by atoms with E-state index in [4.69, 9.17) is 0 Å². The smallest absolute Gasteiger partial charge is 0.278 e. The highest BCUT2D eigenvalue weighted by molar-refractivity contribution is 6.06. The summed E-state index contributed by atoms with van der Waals surface area (Å²) in [6, 6.07) is 14.0. The molecule has 0 fully saturated rings. The van der Waals surface area contributed by atoms with E-state index in [1.54, 1.807) is 10.6 Å². The second kappa shape index (κ2) is 9.63. The van der Waals surface area contributed by atoms with Gasteiger partial charge >= 0.3 is 0 Å². The minimum atomic E-state index is -0.410. The van der Waals surface area contributed by atoms with Crippen LogP contribution in [0.2, 0.25) is 0 Å². The highest BCUT2D eigenvalue weighted by Gasteiger charge is 2.19. The van der Waals surface area contributed by atoms with Crippen LogP contribution in [0.25, 0.3) is 21.9 Å². The molecule has 0 aliphatic heterocycles. The topological polar surface area (TPSA) is 68.9 Å². The number of hydrogen-bond acceptors (Lipinski definition) is 3. The normalized spacial score (nSPS) is 13.9. The number of rotatable bonds is 7. The van der Waals surface area contributed by atoms with Gasteiger partial charge in [0.05, 0.1) is 18.4 Å². The van der Waals surface area contributed by atoms with E-state index < -0.39 is 5.82 Å². The van der Waals surface area contributed by atoms with Crippen molar-refractivity contribution in [2.75, 3.05) is 6.54 Å². The molecular formula is C27H27FN4O2. The SMILES string of the molecule is O=C(Cn1c2ccc(F)cc2c2ncn(Cc3ccccc3)c(=O)c21)NCCC1=CCCCC1. The molecule has 0 saturated heterocycles. The summed E-state index contributed by atoms with van der Waals surface area (Å²) < 4.78 is 17.2. The van der Waals surface area contributed by atoms with Crippen LogP contribution >= 0.6 is 0 Å². The molecule has 1 N–H and O–H groups in total. The number of benzene rings is 2. The number of halogens is 1. The van der Waals surface area contributed by atoms with Crippen molar-refractivity contribution in [3.05, 3.63) is 88.2 Å². The summed E-state index contributed by atoms with van der Waals surface area (Å²) in [5.41, 5.74) is 3.43. The third kappa shape index (κ3) is 4.51. The molecule has 0 atom stereocenters. The summed E-state index contributed by atoms with van der Waals surface area (Å²) in [6.07, 6.45) is 9.27. The van der Waals surface area contributed by atoms with Gasteiger partial charge in [-0.3, -0.25) is 14.2 Å². The van der Waals surface area contributed by atoms with Crippen molar-refractivity contribution in [2.45, 2.75) is 45.2 Å². The number of nitrogens with zero attached hydrogens (tertiary/aromatic N) is 3. The number of allylic oxidation sites excluding steroid dienone is 1. The number of carbonyl (C=O) groups excluding carboxylic acids is 1. The van der Waals surface area contributed by atoms with E-state index in [2.05, 4.69) is 16.4 Å². The van der Waals surface area contributed by atoms with Crippen molar-refractivity contribution < 1.29 is 9.18 Å². The lowest BCUT2D eigenvalue weighted by molar-refractivity contribution is -0.121. The summed E-state index contributed by atoms with van der Waals surface area (Å²) in [7, 11) is 0. The molecule has 5 rings (SSSR count). The van der Waals surface area contributed by atoms with Crippen LogP contribution in [0.15, 0.2) is 71.3 Å². The van der Waals surface area contributed by atoms with E-state index in [-0.39, 0.29) is 18.0 Å². The van der Waals surface area contributed by atoms with Gasteiger partial charge in [0.25, 0.3) is 5.56 Å². The lowest BCUT2D eigenvalue weighted by Gasteiger charge is -2.13. The number of nitrogens with one attached hydrogen (secondary N) is 1. The van der Waals surface area contributed by atoms with Crippen LogP contribution in [-0.2, 0) is 17.9 Å². The van der Waals surface area contributed by atoms with Crippen molar-refractivity contribution >= 4 is 27.8 Å². The summed E-state index contributed by atoms with van der Waals surface area (Å²) >= 11 is 0. The molecule has 0 radical (unpaired) electrons. The van der Waals surface area contributed by atoms with Crippen molar-refractivity contribution in [2.24, 2.45) is 0 Å². The Morgan fingerprint density at radius 3 is 2.76 bits per heavy atom. The first-order valence-corrected chi connectivity index (χ1v) is 11.8. The number of carbonyl (C=O) groups is 1. The molecule has 0 saturated carbocycles. The second-order valence-electron chi connectivity index (χ2n) is 8.82. The van der Waals surface area contributed by atoms with E-state index >= 15 is 0 Å². The molecule has 4 aromatic rings. The molecule has 174 valence electrons. The summed E-state index contributed by atoms with van der Waals surface area (Å²) in [5.74, 6) is -0.593. The van der Waals surface area contributed by atoms with E-state index in [1.165, 1.54) is 41.4 Å². The molecule has 34 heavy (non-hydrogen) atoms. The average molecular weight is 459 g/mol. The Bertz CT molecular complexity index is 1440. The molecule has 1 aliphatic rings. The Morgan fingerprint density at radius 1 is 1.12 bits per heavy atom. The Balaban J connectivity index is 1.47. The fraction of sp³-hybridized carbons (Fsp3) is 0.296. The zero-order chi connectivity index (χ0) is 23.5. The van der Waals surface area contributed by atoms with Gasteiger partial charge < -0.3 is 9.88 Å². The summed E-state index contributed by atoms with van der Waals surface area (Å²) in [5, 5.41) is 3.51. The van der Waals surface area contributed by atoms with Gasteiger partial charge in [-0.1, -0.05) is 42.0 Å². The molecule has 6 nitrogen and oxygen atoms in total. The number of aromatic nitrogens is 3. The number of fused-ring (bicyclic) bond motifs is 3. The Hall–Kier alpha value is -3.74. The van der Waals surface area contributed by atoms with E-state index in [0.29, 0.717) is 35.0 Å². The third-order valence-electron chi connectivity index (χ3n) is 6.44. The van der Waals surface area contributed by atoms with Gasteiger partial charge in [-0.2, -0.15) is 0 Å². The van der Waals surface area contributed by atoms with Gasteiger partial charge in [0.15, 0.2) is 0 Å². The molecule has 0 unspecified atom stereocenters.